The first kappa shape index (κ1) is 21.3. The molecule has 0 aromatic carbocycles. The molecule has 0 spiro atoms. The van der Waals surface area contributed by atoms with Crippen LogP contribution in [0.5, 0.6) is 0 Å². The summed E-state index contributed by atoms with van der Waals surface area (Å²) in [5, 5.41) is 3.35. The first-order valence-electron chi connectivity index (χ1n) is 11.1. The molecule has 1 aromatic heterocycles. The summed E-state index contributed by atoms with van der Waals surface area (Å²) in [4.78, 5) is 19.8. The summed E-state index contributed by atoms with van der Waals surface area (Å²) in [5.74, 6) is 1.24. The molecule has 1 aliphatic carbocycles. The fourth-order valence-electron chi connectivity index (χ4n) is 4.87. The Hall–Kier alpha value is -1.46. The normalized spacial score (nSPS) is 26.2. The Balaban J connectivity index is 1.58. The molecule has 1 saturated carbocycles. The molecule has 2 fully saturated rings. The number of carbonyl (C=O) groups excluding carboxylic acids is 1. The van der Waals surface area contributed by atoms with Gasteiger partial charge in [0.15, 0.2) is 0 Å². The lowest BCUT2D eigenvalue weighted by Gasteiger charge is -2.39. The van der Waals surface area contributed by atoms with Gasteiger partial charge in [0.1, 0.15) is 0 Å². The average Bonchev–Trinajstić information content (AvgIpc) is 2.68. The maximum atomic E-state index is 12.9. The molecule has 28 heavy (non-hydrogen) atoms. The van der Waals surface area contributed by atoms with Crippen LogP contribution >= 0.6 is 0 Å². The van der Waals surface area contributed by atoms with Gasteiger partial charge in [0.2, 0.25) is 0 Å². The van der Waals surface area contributed by atoms with Crippen LogP contribution in [0.25, 0.3) is 0 Å². The van der Waals surface area contributed by atoms with Crippen LogP contribution in [-0.2, 0) is 4.74 Å². The lowest BCUT2D eigenvalue weighted by molar-refractivity contribution is 0.0548. The summed E-state index contributed by atoms with van der Waals surface area (Å²) in [5.41, 5.74) is 2.67. The molecule has 3 rings (SSSR count). The van der Waals surface area contributed by atoms with Crippen molar-refractivity contribution in [2.45, 2.75) is 65.3 Å². The predicted molar refractivity (Wildman–Crippen MR) is 113 cm³/mol. The van der Waals surface area contributed by atoms with E-state index in [-0.39, 0.29) is 11.9 Å². The van der Waals surface area contributed by atoms with Crippen molar-refractivity contribution in [3.63, 3.8) is 0 Å². The Kier molecular flexibility index (Phi) is 7.86. The van der Waals surface area contributed by atoms with Crippen molar-refractivity contribution in [2.75, 3.05) is 32.8 Å². The van der Waals surface area contributed by atoms with E-state index in [1.54, 1.807) is 6.20 Å². The van der Waals surface area contributed by atoms with Gasteiger partial charge in [0.25, 0.3) is 5.91 Å². The molecule has 1 aromatic rings. The molecule has 1 aliphatic heterocycles. The number of pyridine rings is 1. The third-order valence-electron chi connectivity index (χ3n) is 6.37. The van der Waals surface area contributed by atoms with Crippen molar-refractivity contribution in [1.82, 2.24) is 15.2 Å². The summed E-state index contributed by atoms with van der Waals surface area (Å²) < 4.78 is 5.66. The molecule has 1 N–H and O–H groups in total. The number of carbonyl (C=O) groups is 1. The molecule has 1 unspecified atom stereocenters. The van der Waals surface area contributed by atoms with Gasteiger partial charge in [-0.05, 0) is 76.5 Å². The SMILES string of the molecule is CCOCC1CCCN(C[C@H]2CCCC[C@@H]2NC(=O)c2cnc(C)cc2C)C1. The molecule has 2 heterocycles. The number of amides is 1. The highest BCUT2D eigenvalue weighted by molar-refractivity contribution is 5.95. The fraction of sp³-hybridized carbons (Fsp3) is 0.739. The van der Waals surface area contributed by atoms with Gasteiger partial charge >= 0.3 is 0 Å². The first-order valence-corrected chi connectivity index (χ1v) is 11.1. The Morgan fingerprint density at radius 1 is 1.25 bits per heavy atom. The average molecular weight is 388 g/mol. The van der Waals surface area contributed by atoms with E-state index in [9.17, 15) is 4.79 Å². The van der Waals surface area contributed by atoms with Gasteiger partial charge in [-0.1, -0.05) is 12.8 Å². The van der Waals surface area contributed by atoms with Gasteiger partial charge in [0.05, 0.1) is 12.2 Å². The Morgan fingerprint density at radius 2 is 2.07 bits per heavy atom. The monoisotopic (exact) mass is 387 g/mol. The number of nitrogens with zero attached hydrogens (tertiary/aromatic N) is 2. The second-order valence-corrected chi connectivity index (χ2v) is 8.69. The first-order chi connectivity index (χ1) is 13.6. The molecule has 5 heteroatoms. The van der Waals surface area contributed by atoms with Gasteiger partial charge in [0, 0.05) is 37.6 Å². The lowest BCUT2D eigenvalue weighted by atomic mass is 9.83. The zero-order valence-electron chi connectivity index (χ0n) is 17.9. The molecule has 2 aliphatic rings. The van der Waals surface area contributed by atoms with Crippen LogP contribution in [0.2, 0.25) is 0 Å². The van der Waals surface area contributed by atoms with Gasteiger partial charge in [-0.25, -0.2) is 0 Å². The largest absolute Gasteiger partial charge is 0.381 e. The molecule has 1 amide bonds. The van der Waals surface area contributed by atoms with Crippen LogP contribution in [-0.4, -0.2) is 54.7 Å². The molecule has 3 atom stereocenters. The zero-order valence-corrected chi connectivity index (χ0v) is 17.9. The van der Waals surface area contributed by atoms with Crippen LogP contribution in [0.1, 0.15) is 67.1 Å². The summed E-state index contributed by atoms with van der Waals surface area (Å²) in [6.07, 6.45) is 9.04. The van der Waals surface area contributed by atoms with E-state index in [0.29, 0.717) is 17.4 Å². The second kappa shape index (κ2) is 10.4. The van der Waals surface area contributed by atoms with Gasteiger partial charge in [-0.2, -0.15) is 0 Å². The van der Waals surface area contributed by atoms with E-state index in [1.807, 2.05) is 19.9 Å². The Bertz CT molecular complexity index is 649. The second-order valence-electron chi connectivity index (χ2n) is 8.69. The summed E-state index contributed by atoms with van der Waals surface area (Å²) in [7, 11) is 0. The van der Waals surface area contributed by atoms with E-state index in [1.165, 1.54) is 38.6 Å². The van der Waals surface area contributed by atoms with Gasteiger partial charge < -0.3 is 15.0 Å². The molecular weight excluding hydrogens is 350 g/mol. The van der Waals surface area contributed by atoms with E-state index in [0.717, 1.165) is 44.0 Å². The highest BCUT2D eigenvalue weighted by atomic mass is 16.5. The molecule has 156 valence electrons. The number of nitrogens with one attached hydrogen (secondary N) is 1. The predicted octanol–water partition coefficient (Wildman–Crippen LogP) is 3.74. The lowest BCUT2D eigenvalue weighted by Crippen LogP contribution is -2.48. The highest BCUT2D eigenvalue weighted by Gasteiger charge is 2.30. The third-order valence-corrected chi connectivity index (χ3v) is 6.37. The van der Waals surface area contributed by atoms with Crippen molar-refractivity contribution in [2.24, 2.45) is 11.8 Å². The standard InChI is InChI=1S/C23H37N3O2/c1-4-28-16-19-8-7-11-26(14-19)15-20-9-5-6-10-22(20)25-23(27)21-13-24-18(3)12-17(21)2/h12-13,19-20,22H,4-11,14-16H2,1-3H3,(H,25,27)/t19?,20-,22+/m1/s1. The zero-order chi connectivity index (χ0) is 19.9. The van der Waals surface area contributed by atoms with Gasteiger partial charge in [-0.15, -0.1) is 0 Å². The van der Waals surface area contributed by atoms with E-state index in [2.05, 4.69) is 22.1 Å². The van der Waals surface area contributed by atoms with Crippen LogP contribution in [0.3, 0.4) is 0 Å². The summed E-state index contributed by atoms with van der Waals surface area (Å²) >= 11 is 0. The molecule has 0 bridgehead atoms. The summed E-state index contributed by atoms with van der Waals surface area (Å²) in [6.45, 7) is 11.1. The number of hydrogen-bond acceptors (Lipinski definition) is 4. The topological polar surface area (TPSA) is 54.5 Å². The van der Waals surface area contributed by atoms with Crippen molar-refractivity contribution >= 4 is 5.91 Å². The smallest absolute Gasteiger partial charge is 0.253 e. The molecule has 5 nitrogen and oxygen atoms in total. The maximum absolute atomic E-state index is 12.9. The van der Waals surface area contributed by atoms with Gasteiger partial charge in [-0.3, -0.25) is 9.78 Å². The van der Waals surface area contributed by atoms with Crippen molar-refractivity contribution < 1.29 is 9.53 Å². The fourth-order valence-corrected chi connectivity index (χ4v) is 4.87. The van der Waals surface area contributed by atoms with Crippen LogP contribution in [0.15, 0.2) is 12.3 Å². The van der Waals surface area contributed by atoms with Crippen LogP contribution in [0.4, 0.5) is 0 Å². The molecular formula is C23H37N3O2. The number of hydrogen-bond donors (Lipinski definition) is 1. The minimum absolute atomic E-state index is 0.0368. The van der Waals surface area contributed by atoms with E-state index >= 15 is 0 Å². The number of likely N-dealkylation sites (tertiary alicyclic amines) is 1. The van der Waals surface area contributed by atoms with E-state index in [4.69, 9.17) is 4.74 Å². The number of rotatable bonds is 7. The van der Waals surface area contributed by atoms with Crippen molar-refractivity contribution in [1.29, 1.82) is 0 Å². The molecule has 0 radical (unpaired) electrons. The molecule has 1 saturated heterocycles. The van der Waals surface area contributed by atoms with E-state index < -0.39 is 0 Å². The van der Waals surface area contributed by atoms with Crippen LogP contribution in [0, 0.1) is 25.7 Å². The number of aryl methyl sites for hydroxylation is 2. The quantitative estimate of drug-likeness (QED) is 0.774. The Morgan fingerprint density at radius 3 is 2.86 bits per heavy atom. The third kappa shape index (κ3) is 5.77. The van der Waals surface area contributed by atoms with Crippen molar-refractivity contribution in [3.8, 4) is 0 Å². The maximum Gasteiger partial charge on any atom is 0.253 e. The number of piperidine rings is 1. The highest BCUT2D eigenvalue weighted by Crippen LogP contribution is 2.28. The van der Waals surface area contributed by atoms with Crippen molar-refractivity contribution in [3.05, 3.63) is 29.1 Å². The minimum atomic E-state index is 0.0368. The number of aromatic nitrogens is 1. The summed E-state index contributed by atoms with van der Waals surface area (Å²) in [6, 6.07) is 2.26. The number of ether oxygens (including phenoxy) is 1. The minimum Gasteiger partial charge on any atom is -0.381 e. The Labute approximate surface area is 170 Å². The van der Waals surface area contributed by atoms with Crippen LogP contribution < -0.4 is 5.32 Å².